The zero-order chi connectivity index (χ0) is 15.0. The number of nitrogens with one attached hydrogen (secondary N) is 2. The molecule has 2 unspecified atom stereocenters. The highest BCUT2D eigenvalue weighted by Crippen LogP contribution is 2.39. The van der Waals surface area contributed by atoms with E-state index in [0.717, 1.165) is 22.6 Å². The number of hydrogen-bond donors (Lipinski definition) is 3. The Bertz CT molecular complexity index is 685. The van der Waals surface area contributed by atoms with Crippen LogP contribution in [-0.4, -0.2) is 38.9 Å². The van der Waals surface area contributed by atoms with Crippen LogP contribution in [0, 0.1) is 6.92 Å². The fourth-order valence-electron chi connectivity index (χ4n) is 2.94. The summed E-state index contributed by atoms with van der Waals surface area (Å²) in [6.07, 6.45) is 2.17. The summed E-state index contributed by atoms with van der Waals surface area (Å²) in [4.78, 5) is 19.3. The first kappa shape index (κ1) is 14.4. The third-order valence-corrected chi connectivity index (χ3v) is 5.40. The van der Waals surface area contributed by atoms with E-state index in [1.165, 1.54) is 5.56 Å². The predicted octanol–water partition coefficient (Wildman–Crippen LogP) is 2.56. The summed E-state index contributed by atoms with van der Waals surface area (Å²) in [5, 5.41) is 13.5. The second kappa shape index (κ2) is 5.35. The number of aliphatic carboxylic acids is 1. The average Bonchev–Trinajstić information content (AvgIpc) is 3.03. The molecule has 2 atom stereocenters. The Labute approximate surface area is 127 Å². The fourth-order valence-corrected chi connectivity index (χ4v) is 4.18. The first-order chi connectivity index (χ1) is 10.0. The van der Waals surface area contributed by atoms with Gasteiger partial charge in [0.05, 0.1) is 11.0 Å². The van der Waals surface area contributed by atoms with Crippen LogP contribution in [0.5, 0.6) is 0 Å². The molecule has 0 aliphatic heterocycles. The smallest absolute Gasteiger partial charge is 0.323 e. The molecular weight excluding hydrogens is 286 g/mol. The van der Waals surface area contributed by atoms with E-state index in [2.05, 4.69) is 28.3 Å². The molecule has 0 bridgehead atoms. The minimum Gasteiger partial charge on any atom is -0.480 e. The molecule has 3 rings (SSSR count). The summed E-state index contributed by atoms with van der Waals surface area (Å²) < 4.78 is 0. The van der Waals surface area contributed by atoms with Crippen molar-refractivity contribution in [3.8, 4) is 0 Å². The number of carbonyl (C=O) groups is 1. The largest absolute Gasteiger partial charge is 0.480 e. The van der Waals surface area contributed by atoms with Gasteiger partial charge in [0.1, 0.15) is 5.54 Å². The van der Waals surface area contributed by atoms with E-state index in [-0.39, 0.29) is 5.25 Å². The van der Waals surface area contributed by atoms with E-state index in [9.17, 15) is 9.90 Å². The second-order valence-electron chi connectivity index (χ2n) is 5.68. The maximum atomic E-state index is 11.4. The SMILES string of the molecule is CNC1(C(=O)O)CCC(Sc2nc3ccc(C)cc3[nH]2)C1. The summed E-state index contributed by atoms with van der Waals surface area (Å²) in [6.45, 7) is 2.05. The van der Waals surface area contributed by atoms with Gasteiger partial charge in [0.25, 0.3) is 0 Å². The van der Waals surface area contributed by atoms with E-state index < -0.39 is 11.5 Å². The number of rotatable bonds is 4. The van der Waals surface area contributed by atoms with Gasteiger partial charge in [-0.05, 0) is 50.9 Å². The molecule has 1 heterocycles. The Hall–Kier alpha value is -1.53. The lowest BCUT2D eigenvalue weighted by Gasteiger charge is -2.23. The molecule has 112 valence electrons. The first-order valence-corrected chi connectivity index (χ1v) is 7.96. The minimum atomic E-state index is -0.778. The molecule has 1 fully saturated rings. The molecule has 0 spiro atoms. The van der Waals surface area contributed by atoms with Crippen LogP contribution in [0.3, 0.4) is 0 Å². The molecule has 1 aromatic heterocycles. The molecule has 1 aliphatic carbocycles. The highest BCUT2D eigenvalue weighted by atomic mass is 32.2. The molecule has 0 saturated heterocycles. The van der Waals surface area contributed by atoms with Crippen LogP contribution in [0.15, 0.2) is 23.4 Å². The molecular formula is C15H19N3O2S. The van der Waals surface area contributed by atoms with Gasteiger partial charge >= 0.3 is 5.97 Å². The molecule has 2 aromatic rings. The quantitative estimate of drug-likeness (QED) is 0.809. The maximum absolute atomic E-state index is 11.4. The Morgan fingerprint density at radius 2 is 2.38 bits per heavy atom. The Balaban J connectivity index is 1.76. The molecule has 6 heteroatoms. The first-order valence-electron chi connectivity index (χ1n) is 7.08. The minimum absolute atomic E-state index is 0.273. The van der Waals surface area contributed by atoms with Crippen LogP contribution in [0.25, 0.3) is 11.0 Å². The highest BCUT2D eigenvalue weighted by molar-refractivity contribution is 7.99. The summed E-state index contributed by atoms with van der Waals surface area (Å²) in [5.74, 6) is -0.756. The van der Waals surface area contributed by atoms with Crippen LogP contribution in [-0.2, 0) is 4.79 Å². The fraction of sp³-hybridized carbons (Fsp3) is 0.467. The monoisotopic (exact) mass is 305 g/mol. The number of aromatic amines is 1. The number of imidazole rings is 1. The number of nitrogens with zero attached hydrogens (tertiary/aromatic N) is 1. The number of carboxylic acids is 1. The van der Waals surface area contributed by atoms with Gasteiger partial charge in [-0.3, -0.25) is 4.79 Å². The average molecular weight is 305 g/mol. The molecule has 1 aromatic carbocycles. The van der Waals surface area contributed by atoms with E-state index in [0.29, 0.717) is 12.8 Å². The van der Waals surface area contributed by atoms with Gasteiger partial charge in [0, 0.05) is 5.25 Å². The Kier molecular flexibility index (Phi) is 3.67. The van der Waals surface area contributed by atoms with Crippen molar-refractivity contribution < 1.29 is 9.90 Å². The number of likely N-dealkylation sites (N-methyl/N-ethyl adjacent to an activating group) is 1. The number of aromatic nitrogens is 2. The number of H-pyrrole nitrogens is 1. The number of thioether (sulfide) groups is 1. The summed E-state index contributed by atoms with van der Waals surface area (Å²) in [6, 6.07) is 6.13. The highest BCUT2D eigenvalue weighted by Gasteiger charge is 2.44. The summed E-state index contributed by atoms with van der Waals surface area (Å²) >= 11 is 1.65. The van der Waals surface area contributed by atoms with Crippen LogP contribution < -0.4 is 5.32 Å². The summed E-state index contributed by atoms with van der Waals surface area (Å²) in [5.41, 5.74) is 2.41. The normalized spacial score (nSPS) is 25.5. The zero-order valence-corrected chi connectivity index (χ0v) is 13.0. The predicted molar refractivity (Wildman–Crippen MR) is 83.8 cm³/mol. The molecule has 5 nitrogen and oxygen atoms in total. The Morgan fingerprint density at radius 1 is 1.57 bits per heavy atom. The van der Waals surface area contributed by atoms with Crippen molar-refractivity contribution in [3.05, 3.63) is 23.8 Å². The lowest BCUT2D eigenvalue weighted by molar-refractivity contribution is -0.144. The van der Waals surface area contributed by atoms with Gasteiger partial charge in [-0.1, -0.05) is 17.8 Å². The number of aryl methyl sites for hydroxylation is 1. The van der Waals surface area contributed by atoms with Gasteiger partial charge in [-0.15, -0.1) is 0 Å². The lowest BCUT2D eigenvalue weighted by atomic mass is 9.99. The standard InChI is InChI=1S/C15H19N3O2S/c1-9-3-4-11-12(7-9)18-14(17-11)21-10-5-6-15(8-10,16-2)13(19)20/h3-4,7,10,16H,5-6,8H2,1-2H3,(H,17,18)(H,19,20). The summed E-state index contributed by atoms with van der Waals surface area (Å²) in [7, 11) is 1.73. The van der Waals surface area contributed by atoms with E-state index in [4.69, 9.17) is 0 Å². The van der Waals surface area contributed by atoms with Gasteiger partial charge in [0.2, 0.25) is 0 Å². The van der Waals surface area contributed by atoms with Gasteiger partial charge in [-0.2, -0.15) is 0 Å². The van der Waals surface area contributed by atoms with Crippen molar-refractivity contribution in [2.45, 2.75) is 42.1 Å². The van der Waals surface area contributed by atoms with Crippen molar-refractivity contribution in [2.24, 2.45) is 0 Å². The third-order valence-electron chi connectivity index (χ3n) is 4.25. The van der Waals surface area contributed by atoms with Gasteiger partial charge in [0.15, 0.2) is 5.16 Å². The molecule has 0 radical (unpaired) electrons. The molecule has 0 amide bonds. The van der Waals surface area contributed by atoms with Crippen molar-refractivity contribution in [1.29, 1.82) is 0 Å². The molecule has 21 heavy (non-hydrogen) atoms. The van der Waals surface area contributed by atoms with Gasteiger partial charge < -0.3 is 15.4 Å². The number of carboxylic acid groups (broad SMARTS) is 1. The molecule has 1 saturated carbocycles. The Morgan fingerprint density at radius 3 is 3.05 bits per heavy atom. The van der Waals surface area contributed by atoms with E-state index in [1.54, 1.807) is 18.8 Å². The van der Waals surface area contributed by atoms with Crippen LogP contribution in [0.4, 0.5) is 0 Å². The van der Waals surface area contributed by atoms with Crippen molar-refractivity contribution >= 4 is 28.8 Å². The van der Waals surface area contributed by atoms with Crippen LogP contribution >= 0.6 is 11.8 Å². The topological polar surface area (TPSA) is 78.0 Å². The lowest BCUT2D eigenvalue weighted by Crippen LogP contribution is -2.48. The van der Waals surface area contributed by atoms with Crippen LogP contribution in [0.2, 0.25) is 0 Å². The molecule has 1 aliphatic rings. The zero-order valence-electron chi connectivity index (χ0n) is 12.1. The second-order valence-corrected chi connectivity index (χ2v) is 6.97. The molecule has 3 N–H and O–H groups in total. The maximum Gasteiger partial charge on any atom is 0.323 e. The van der Waals surface area contributed by atoms with Crippen LogP contribution in [0.1, 0.15) is 24.8 Å². The van der Waals surface area contributed by atoms with Crippen molar-refractivity contribution in [2.75, 3.05) is 7.05 Å². The number of benzene rings is 1. The van der Waals surface area contributed by atoms with Crippen molar-refractivity contribution in [1.82, 2.24) is 15.3 Å². The third kappa shape index (κ3) is 2.65. The number of hydrogen-bond acceptors (Lipinski definition) is 4. The number of fused-ring (bicyclic) bond motifs is 1. The van der Waals surface area contributed by atoms with Gasteiger partial charge in [-0.25, -0.2) is 4.98 Å². The van der Waals surface area contributed by atoms with E-state index in [1.807, 2.05) is 12.1 Å². The van der Waals surface area contributed by atoms with E-state index >= 15 is 0 Å². The van der Waals surface area contributed by atoms with Crippen molar-refractivity contribution in [3.63, 3.8) is 0 Å².